The molecule has 0 aliphatic rings. The molecule has 0 bridgehead atoms. The van der Waals surface area contributed by atoms with Crippen LogP contribution >= 0.6 is 50.8 Å². The molecule has 0 amide bonds. The molecule has 0 saturated carbocycles. The molecule has 1 rings (SSSR count). The van der Waals surface area contributed by atoms with Crippen molar-refractivity contribution in [1.82, 2.24) is 10.2 Å². The molecule has 2 nitrogen and oxygen atoms in total. The van der Waals surface area contributed by atoms with Crippen molar-refractivity contribution >= 4 is 50.8 Å². The lowest BCUT2D eigenvalue weighted by Crippen LogP contribution is -2.04. The van der Waals surface area contributed by atoms with Gasteiger partial charge in [-0.25, -0.2) is 0 Å². The van der Waals surface area contributed by atoms with Gasteiger partial charge in [0.2, 0.25) is 0 Å². The van der Waals surface area contributed by atoms with E-state index < -0.39 is 0 Å². The van der Waals surface area contributed by atoms with Crippen molar-refractivity contribution in [2.24, 2.45) is 5.92 Å². The normalized spacial score (nSPS) is 13.0. The molecule has 0 aromatic carbocycles. The molecule has 0 aliphatic carbocycles. The van der Waals surface area contributed by atoms with Crippen LogP contribution in [0.4, 0.5) is 0 Å². The lowest BCUT2D eigenvalue weighted by molar-refractivity contribution is 0.597. The Bertz CT molecular complexity index is 280. The molecule has 0 spiro atoms. The minimum Gasteiger partial charge on any atom is -0.131 e. The number of aromatic nitrogens is 2. The fourth-order valence-corrected chi connectivity index (χ4v) is 4.60. The fourth-order valence-electron chi connectivity index (χ4n) is 1.14. The molecule has 0 fully saturated rings. The highest BCUT2D eigenvalue weighted by molar-refractivity contribution is 9.09. The number of hydrogen-bond donors (Lipinski definition) is 0. The summed E-state index contributed by atoms with van der Waals surface area (Å²) in [5, 5.41) is 9.32. The minimum absolute atomic E-state index is 0.752. The summed E-state index contributed by atoms with van der Waals surface area (Å²) < 4.78 is 2.16. The molecule has 86 valence electrons. The Morgan fingerprint density at radius 3 is 2.67 bits per heavy atom. The Kier molecular flexibility index (Phi) is 7.29. The Labute approximate surface area is 112 Å². The van der Waals surface area contributed by atoms with Gasteiger partial charge in [0.25, 0.3) is 0 Å². The predicted molar refractivity (Wildman–Crippen MR) is 74.6 cm³/mol. The molecule has 0 aliphatic heterocycles. The molecule has 1 aromatic heterocycles. The Morgan fingerprint density at radius 2 is 2.13 bits per heavy atom. The van der Waals surface area contributed by atoms with E-state index in [0.717, 1.165) is 25.7 Å². The highest BCUT2D eigenvalue weighted by Crippen LogP contribution is 2.29. The molecule has 15 heavy (non-hydrogen) atoms. The second-order valence-corrected chi connectivity index (χ2v) is 7.10. The number of thioether (sulfide) groups is 2. The van der Waals surface area contributed by atoms with E-state index in [1.54, 1.807) is 23.1 Å². The van der Waals surface area contributed by atoms with E-state index in [0.29, 0.717) is 0 Å². The molecule has 6 heteroatoms. The van der Waals surface area contributed by atoms with Gasteiger partial charge in [0, 0.05) is 11.1 Å². The lowest BCUT2D eigenvalue weighted by Gasteiger charge is -2.10. The number of halogens is 1. The highest BCUT2D eigenvalue weighted by atomic mass is 79.9. The summed E-state index contributed by atoms with van der Waals surface area (Å²) in [5.74, 6) is 1.89. The summed E-state index contributed by atoms with van der Waals surface area (Å²) in [6.45, 7) is 2.23. The van der Waals surface area contributed by atoms with Crippen LogP contribution < -0.4 is 0 Å². The summed E-state index contributed by atoms with van der Waals surface area (Å²) in [6.07, 6.45) is 4.57. The van der Waals surface area contributed by atoms with Gasteiger partial charge < -0.3 is 0 Å². The quantitative estimate of drug-likeness (QED) is 0.555. The highest BCUT2D eigenvalue weighted by Gasteiger charge is 2.09. The van der Waals surface area contributed by atoms with Gasteiger partial charge in [0.1, 0.15) is 0 Å². The molecule has 0 saturated heterocycles. The molecule has 1 heterocycles. The Balaban J connectivity index is 2.34. The molecular formula is C9H15BrN2S3. The number of nitrogens with zero attached hydrogens (tertiary/aromatic N) is 2. The van der Waals surface area contributed by atoms with Crippen molar-refractivity contribution in [1.29, 1.82) is 0 Å². The van der Waals surface area contributed by atoms with Gasteiger partial charge >= 0.3 is 0 Å². The van der Waals surface area contributed by atoms with E-state index in [-0.39, 0.29) is 0 Å². The molecular weight excluding hydrogens is 312 g/mol. The summed E-state index contributed by atoms with van der Waals surface area (Å²) in [7, 11) is 0. The van der Waals surface area contributed by atoms with E-state index >= 15 is 0 Å². The van der Waals surface area contributed by atoms with Crippen LogP contribution in [0.15, 0.2) is 8.68 Å². The standard InChI is InChI=1S/C9H15BrN2S3/c1-3-4-7(5-10)6-14-9-12-11-8(13-2)15-9/h7H,3-6H2,1-2H3. The number of rotatable bonds is 7. The van der Waals surface area contributed by atoms with E-state index in [2.05, 4.69) is 33.1 Å². The Hall–Kier alpha value is 0.740. The van der Waals surface area contributed by atoms with Crippen LogP contribution in [-0.2, 0) is 0 Å². The van der Waals surface area contributed by atoms with Crippen molar-refractivity contribution in [3.8, 4) is 0 Å². The first-order valence-corrected chi connectivity index (χ1v) is 9.01. The van der Waals surface area contributed by atoms with Crippen LogP contribution in [0.2, 0.25) is 0 Å². The largest absolute Gasteiger partial charge is 0.175 e. The molecule has 0 radical (unpaired) electrons. The first kappa shape index (κ1) is 13.8. The molecule has 0 N–H and O–H groups in total. The summed E-state index contributed by atoms with van der Waals surface area (Å²) in [6, 6.07) is 0. The molecule has 1 atom stereocenters. The average molecular weight is 327 g/mol. The van der Waals surface area contributed by atoms with E-state index in [9.17, 15) is 0 Å². The summed E-state index contributed by atoms with van der Waals surface area (Å²) in [5.41, 5.74) is 0. The zero-order valence-corrected chi connectivity index (χ0v) is 12.9. The summed E-state index contributed by atoms with van der Waals surface area (Å²) >= 11 is 8.74. The van der Waals surface area contributed by atoms with Crippen molar-refractivity contribution in [2.75, 3.05) is 17.3 Å². The average Bonchev–Trinajstić information content (AvgIpc) is 2.72. The minimum atomic E-state index is 0.752. The van der Waals surface area contributed by atoms with Crippen LogP contribution in [0.25, 0.3) is 0 Å². The number of hydrogen-bond acceptors (Lipinski definition) is 5. The third-order valence-electron chi connectivity index (χ3n) is 1.92. The Morgan fingerprint density at radius 1 is 1.40 bits per heavy atom. The second-order valence-electron chi connectivity index (χ2n) is 3.16. The van der Waals surface area contributed by atoms with Gasteiger partial charge in [-0.3, -0.25) is 0 Å². The van der Waals surface area contributed by atoms with E-state index in [1.165, 1.54) is 12.8 Å². The maximum Gasteiger partial charge on any atom is 0.175 e. The van der Waals surface area contributed by atoms with Crippen LogP contribution in [0, 0.1) is 5.92 Å². The van der Waals surface area contributed by atoms with Gasteiger partial charge in [0.05, 0.1) is 0 Å². The van der Waals surface area contributed by atoms with Crippen molar-refractivity contribution in [3.05, 3.63) is 0 Å². The third-order valence-corrected chi connectivity index (χ3v) is 6.10. The lowest BCUT2D eigenvalue weighted by atomic mass is 10.1. The summed E-state index contributed by atoms with van der Waals surface area (Å²) in [4.78, 5) is 0. The zero-order chi connectivity index (χ0) is 11.1. The van der Waals surface area contributed by atoms with Gasteiger partial charge in [0.15, 0.2) is 8.68 Å². The monoisotopic (exact) mass is 326 g/mol. The second kappa shape index (κ2) is 7.92. The predicted octanol–water partition coefficient (Wildman–Crippen LogP) is 4.16. The maximum absolute atomic E-state index is 4.15. The van der Waals surface area contributed by atoms with Gasteiger partial charge in [-0.1, -0.05) is 64.1 Å². The molecule has 1 unspecified atom stereocenters. The SMILES string of the molecule is CCCC(CBr)CSc1nnc(SC)s1. The van der Waals surface area contributed by atoms with Crippen LogP contribution in [-0.4, -0.2) is 27.5 Å². The first-order chi connectivity index (χ1) is 7.30. The van der Waals surface area contributed by atoms with Crippen molar-refractivity contribution < 1.29 is 0 Å². The van der Waals surface area contributed by atoms with Crippen LogP contribution in [0.3, 0.4) is 0 Å². The molecule has 1 aromatic rings. The van der Waals surface area contributed by atoms with Gasteiger partial charge in [-0.2, -0.15) is 0 Å². The fraction of sp³-hybridized carbons (Fsp3) is 0.778. The zero-order valence-electron chi connectivity index (χ0n) is 8.90. The van der Waals surface area contributed by atoms with E-state index in [1.807, 2.05) is 18.0 Å². The topological polar surface area (TPSA) is 25.8 Å². The van der Waals surface area contributed by atoms with Crippen molar-refractivity contribution in [3.63, 3.8) is 0 Å². The van der Waals surface area contributed by atoms with Crippen LogP contribution in [0.5, 0.6) is 0 Å². The van der Waals surface area contributed by atoms with Crippen molar-refractivity contribution in [2.45, 2.75) is 28.4 Å². The maximum atomic E-state index is 4.15. The smallest absolute Gasteiger partial charge is 0.131 e. The third kappa shape index (κ3) is 5.06. The van der Waals surface area contributed by atoms with E-state index in [4.69, 9.17) is 0 Å². The van der Waals surface area contributed by atoms with Gasteiger partial charge in [-0.15, -0.1) is 10.2 Å². The number of alkyl halides is 1. The van der Waals surface area contributed by atoms with Crippen LogP contribution in [0.1, 0.15) is 19.8 Å². The first-order valence-electron chi connectivity index (χ1n) is 4.86. The van der Waals surface area contributed by atoms with Gasteiger partial charge in [-0.05, 0) is 18.6 Å².